The maximum absolute atomic E-state index is 12.1. The van der Waals surface area contributed by atoms with Gasteiger partial charge in [0.1, 0.15) is 22.1 Å². The fraction of sp³-hybridized carbons (Fsp3) is 0.333. The first-order chi connectivity index (χ1) is 10.4. The van der Waals surface area contributed by atoms with Gasteiger partial charge < -0.3 is 9.15 Å². The highest BCUT2D eigenvalue weighted by Crippen LogP contribution is 2.21. The predicted molar refractivity (Wildman–Crippen MR) is 78.7 cm³/mol. The van der Waals surface area contributed by atoms with Crippen LogP contribution in [0, 0.1) is 32.1 Å². The van der Waals surface area contributed by atoms with Crippen LogP contribution in [0.5, 0.6) is 0 Å². The van der Waals surface area contributed by atoms with E-state index in [1.807, 2.05) is 6.07 Å². The summed E-state index contributed by atoms with van der Waals surface area (Å²) in [5.41, 5.74) is 1.03. The Kier molecular flexibility index (Phi) is 4.73. The standard InChI is InChI=1S/C15H14N2O4S/c1-8-7-22-14(17-8)12(5-16)13(18)6-20-15(19)11-4-9(2)21-10(11)3/h4,7,12H,6H2,1-3H3/t12-/m0/s1. The van der Waals surface area contributed by atoms with Crippen molar-refractivity contribution in [3.8, 4) is 6.07 Å². The monoisotopic (exact) mass is 318 g/mol. The number of thiazole rings is 1. The summed E-state index contributed by atoms with van der Waals surface area (Å²) in [5.74, 6) is -1.14. The smallest absolute Gasteiger partial charge is 0.342 e. The van der Waals surface area contributed by atoms with Gasteiger partial charge in [-0.25, -0.2) is 9.78 Å². The second-order valence-electron chi connectivity index (χ2n) is 4.76. The van der Waals surface area contributed by atoms with E-state index < -0.39 is 24.3 Å². The average molecular weight is 318 g/mol. The van der Waals surface area contributed by atoms with Crippen molar-refractivity contribution in [1.82, 2.24) is 4.98 Å². The van der Waals surface area contributed by atoms with E-state index in [1.54, 1.807) is 32.2 Å². The van der Waals surface area contributed by atoms with Gasteiger partial charge in [-0.1, -0.05) is 0 Å². The van der Waals surface area contributed by atoms with Crippen molar-refractivity contribution < 1.29 is 18.7 Å². The number of ether oxygens (including phenoxy) is 1. The Morgan fingerprint density at radius 3 is 2.68 bits per heavy atom. The van der Waals surface area contributed by atoms with Crippen LogP contribution in [0.2, 0.25) is 0 Å². The number of aryl methyl sites for hydroxylation is 3. The maximum atomic E-state index is 12.1. The van der Waals surface area contributed by atoms with E-state index in [0.29, 0.717) is 16.5 Å². The van der Waals surface area contributed by atoms with Gasteiger partial charge in [0.15, 0.2) is 18.3 Å². The van der Waals surface area contributed by atoms with Gasteiger partial charge in [-0.15, -0.1) is 11.3 Å². The lowest BCUT2D eigenvalue weighted by molar-refractivity contribution is -0.122. The van der Waals surface area contributed by atoms with Crippen LogP contribution in [-0.4, -0.2) is 23.3 Å². The van der Waals surface area contributed by atoms with Crippen LogP contribution in [0.1, 0.15) is 38.5 Å². The van der Waals surface area contributed by atoms with Crippen molar-refractivity contribution in [2.24, 2.45) is 0 Å². The topological polar surface area (TPSA) is 93.2 Å². The van der Waals surface area contributed by atoms with E-state index >= 15 is 0 Å². The van der Waals surface area contributed by atoms with E-state index in [9.17, 15) is 9.59 Å². The summed E-state index contributed by atoms with van der Waals surface area (Å²) in [6.45, 7) is 4.66. The molecule has 2 heterocycles. The molecule has 0 N–H and O–H groups in total. The van der Waals surface area contributed by atoms with E-state index in [0.717, 1.165) is 5.69 Å². The zero-order valence-corrected chi connectivity index (χ0v) is 13.2. The third-order valence-corrected chi connectivity index (χ3v) is 3.97. The molecule has 0 bridgehead atoms. The number of nitriles is 1. The van der Waals surface area contributed by atoms with E-state index in [2.05, 4.69) is 4.98 Å². The highest BCUT2D eigenvalue weighted by Gasteiger charge is 2.25. The quantitative estimate of drug-likeness (QED) is 0.787. The molecule has 0 aliphatic rings. The predicted octanol–water partition coefficient (Wildman–Crippen LogP) is 2.69. The minimum atomic E-state index is -1.02. The van der Waals surface area contributed by atoms with Crippen LogP contribution < -0.4 is 0 Å². The number of hydrogen-bond acceptors (Lipinski definition) is 7. The van der Waals surface area contributed by atoms with Gasteiger partial charge in [0.2, 0.25) is 0 Å². The Hall–Kier alpha value is -2.46. The number of furan rings is 1. The van der Waals surface area contributed by atoms with E-state index in [1.165, 1.54) is 11.3 Å². The van der Waals surface area contributed by atoms with Gasteiger partial charge in [-0.05, 0) is 26.8 Å². The summed E-state index contributed by atoms with van der Waals surface area (Å²) in [4.78, 5) is 28.1. The molecule has 2 rings (SSSR count). The third kappa shape index (κ3) is 3.40. The zero-order chi connectivity index (χ0) is 16.3. The summed E-state index contributed by atoms with van der Waals surface area (Å²) < 4.78 is 10.2. The van der Waals surface area contributed by atoms with Crippen LogP contribution in [0.3, 0.4) is 0 Å². The molecule has 0 radical (unpaired) electrons. The summed E-state index contributed by atoms with van der Waals surface area (Å²) in [7, 11) is 0. The fourth-order valence-corrected chi connectivity index (χ4v) is 2.76. The number of rotatable bonds is 5. The lowest BCUT2D eigenvalue weighted by Crippen LogP contribution is -2.20. The van der Waals surface area contributed by atoms with Crippen molar-refractivity contribution in [2.75, 3.05) is 6.61 Å². The van der Waals surface area contributed by atoms with Crippen LogP contribution in [0.4, 0.5) is 0 Å². The van der Waals surface area contributed by atoms with Crippen LogP contribution in [-0.2, 0) is 9.53 Å². The molecular formula is C15H14N2O4S. The number of esters is 1. The average Bonchev–Trinajstić information content (AvgIpc) is 3.03. The molecule has 22 heavy (non-hydrogen) atoms. The Morgan fingerprint density at radius 2 is 2.18 bits per heavy atom. The molecule has 6 nitrogen and oxygen atoms in total. The second-order valence-corrected chi connectivity index (χ2v) is 5.65. The molecule has 114 valence electrons. The largest absolute Gasteiger partial charge is 0.466 e. The molecule has 0 unspecified atom stereocenters. The molecular weight excluding hydrogens is 304 g/mol. The summed E-state index contributed by atoms with van der Waals surface area (Å²) >= 11 is 1.24. The number of nitrogens with zero attached hydrogens (tertiary/aromatic N) is 2. The van der Waals surface area contributed by atoms with Gasteiger partial charge in [0.05, 0.1) is 6.07 Å². The number of carbonyl (C=O) groups is 2. The normalized spacial score (nSPS) is 11.7. The molecule has 0 saturated carbocycles. The molecule has 0 aliphatic heterocycles. The number of hydrogen-bond donors (Lipinski definition) is 0. The van der Waals surface area contributed by atoms with Gasteiger partial charge in [-0.3, -0.25) is 4.79 Å². The van der Waals surface area contributed by atoms with Crippen LogP contribution >= 0.6 is 11.3 Å². The molecule has 1 atom stereocenters. The zero-order valence-electron chi connectivity index (χ0n) is 12.4. The number of Topliss-reactive ketones (excluding diaryl/α,β-unsaturated/α-hetero) is 1. The second kappa shape index (κ2) is 6.54. The molecule has 0 aliphatic carbocycles. The molecule has 2 aromatic rings. The summed E-state index contributed by atoms with van der Waals surface area (Å²) in [5, 5.41) is 11.3. The molecule has 0 amide bonds. The first kappa shape index (κ1) is 15.9. The number of carbonyl (C=O) groups excluding carboxylic acids is 2. The third-order valence-electron chi connectivity index (χ3n) is 2.94. The molecule has 0 aromatic carbocycles. The molecule has 0 spiro atoms. The van der Waals surface area contributed by atoms with E-state index in [4.69, 9.17) is 14.4 Å². The fourth-order valence-electron chi connectivity index (χ4n) is 1.90. The lowest BCUT2D eigenvalue weighted by atomic mass is 10.1. The number of ketones is 1. The molecule has 0 fully saturated rings. The van der Waals surface area contributed by atoms with Crippen LogP contribution in [0.25, 0.3) is 0 Å². The minimum absolute atomic E-state index is 0.281. The first-order valence-corrected chi connectivity index (χ1v) is 7.39. The number of aromatic nitrogens is 1. The Bertz CT molecular complexity index is 754. The lowest BCUT2D eigenvalue weighted by Gasteiger charge is -2.06. The Balaban J connectivity index is 2.01. The van der Waals surface area contributed by atoms with Crippen molar-refractivity contribution in [1.29, 1.82) is 5.26 Å². The van der Waals surface area contributed by atoms with Crippen LogP contribution in [0.15, 0.2) is 15.9 Å². The first-order valence-electron chi connectivity index (χ1n) is 6.51. The highest BCUT2D eigenvalue weighted by atomic mass is 32.1. The Labute approximate surface area is 131 Å². The molecule has 7 heteroatoms. The SMILES string of the molecule is Cc1csc([C@@H](C#N)C(=O)COC(=O)c2cc(C)oc2C)n1. The molecule has 2 aromatic heterocycles. The van der Waals surface area contributed by atoms with Crippen molar-refractivity contribution in [3.05, 3.63) is 39.2 Å². The van der Waals surface area contributed by atoms with Crippen molar-refractivity contribution in [3.63, 3.8) is 0 Å². The van der Waals surface area contributed by atoms with Gasteiger partial charge in [-0.2, -0.15) is 5.26 Å². The Morgan fingerprint density at radius 1 is 1.45 bits per heavy atom. The van der Waals surface area contributed by atoms with Gasteiger partial charge in [0.25, 0.3) is 0 Å². The van der Waals surface area contributed by atoms with E-state index in [-0.39, 0.29) is 5.56 Å². The van der Waals surface area contributed by atoms with Gasteiger partial charge in [0, 0.05) is 11.1 Å². The van der Waals surface area contributed by atoms with Crippen molar-refractivity contribution >= 4 is 23.1 Å². The molecule has 0 saturated heterocycles. The minimum Gasteiger partial charge on any atom is -0.466 e. The summed E-state index contributed by atoms with van der Waals surface area (Å²) in [6.07, 6.45) is 0. The summed E-state index contributed by atoms with van der Waals surface area (Å²) in [6, 6.07) is 3.45. The maximum Gasteiger partial charge on any atom is 0.342 e. The van der Waals surface area contributed by atoms with Gasteiger partial charge >= 0.3 is 5.97 Å². The van der Waals surface area contributed by atoms with Crippen molar-refractivity contribution in [2.45, 2.75) is 26.7 Å². The highest BCUT2D eigenvalue weighted by molar-refractivity contribution is 7.09.